The summed E-state index contributed by atoms with van der Waals surface area (Å²) in [4.78, 5) is 18.2. The molecule has 0 aliphatic carbocycles. The number of carbonyl (C=O) groups excluding carboxylic acids is 1. The van der Waals surface area contributed by atoms with Gasteiger partial charge in [-0.05, 0) is 47.6 Å². The quantitative estimate of drug-likeness (QED) is 0.571. The third kappa shape index (κ3) is 5.54. The van der Waals surface area contributed by atoms with Crippen LogP contribution in [0.2, 0.25) is 0 Å². The zero-order valence-electron chi connectivity index (χ0n) is 12.8. The number of hydrogen-bond acceptors (Lipinski definition) is 3. The highest BCUT2D eigenvalue weighted by Crippen LogP contribution is 2.28. The Morgan fingerprint density at radius 2 is 1.12 bits per heavy atom. The number of carbonyl (C=O) groups is 1. The Balaban J connectivity index is 1.99. The van der Waals surface area contributed by atoms with E-state index in [0.29, 0.717) is 0 Å². The van der Waals surface area contributed by atoms with Crippen molar-refractivity contribution >= 4 is 17.9 Å². The summed E-state index contributed by atoms with van der Waals surface area (Å²) in [5, 5.41) is 0. The Labute approximate surface area is 143 Å². The Morgan fingerprint density at radius 1 is 0.731 bits per heavy atom. The number of rotatable bonds is 4. The number of nitrogens with zero attached hydrogens (tertiary/aromatic N) is 2. The lowest BCUT2D eigenvalue weighted by atomic mass is 10.2. The molecule has 136 valence electrons. The summed E-state index contributed by atoms with van der Waals surface area (Å²) in [6.45, 7) is 0. The van der Waals surface area contributed by atoms with Crippen molar-refractivity contribution in [3.63, 3.8) is 0 Å². The molecule has 0 spiro atoms. The summed E-state index contributed by atoms with van der Waals surface area (Å²) in [5.41, 5.74) is -1.52. The van der Waals surface area contributed by atoms with Crippen molar-refractivity contribution in [2.45, 2.75) is 12.4 Å². The normalized spacial score (nSPS) is 12.8. The van der Waals surface area contributed by atoms with Gasteiger partial charge >= 0.3 is 12.4 Å². The van der Waals surface area contributed by atoms with E-state index in [-0.39, 0.29) is 11.1 Å². The summed E-state index contributed by atoms with van der Waals surface area (Å²) in [7, 11) is 0. The molecule has 0 fully saturated rings. The van der Waals surface area contributed by atoms with Gasteiger partial charge in [0.05, 0.1) is 0 Å². The molecule has 2 aromatic heterocycles. The minimum Gasteiger partial charge on any atom is -0.290 e. The fourth-order valence-corrected chi connectivity index (χ4v) is 1.76. The van der Waals surface area contributed by atoms with Gasteiger partial charge in [-0.15, -0.1) is 0 Å². The molecule has 2 rings (SSSR count). The lowest BCUT2D eigenvalue weighted by Gasteiger charge is -2.04. The van der Waals surface area contributed by atoms with Crippen molar-refractivity contribution in [3.8, 4) is 0 Å². The third-order valence-corrected chi connectivity index (χ3v) is 3.03. The van der Waals surface area contributed by atoms with Gasteiger partial charge in [-0.25, -0.2) is 0 Å². The van der Waals surface area contributed by atoms with E-state index in [2.05, 4.69) is 9.97 Å². The van der Waals surface area contributed by atoms with E-state index in [9.17, 15) is 31.1 Å². The molecule has 0 aromatic carbocycles. The molecule has 0 amide bonds. The predicted molar refractivity (Wildman–Crippen MR) is 81.6 cm³/mol. The highest BCUT2D eigenvalue weighted by Gasteiger charge is 2.32. The van der Waals surface area contributed by atoms with Gasteiger partial charge in [-0.3, -0.25) is 14.8 Å². The standard InChI is InChI=1S/C17H10F6N2O/c18-16(19,20)14-7-3-11(9-24-14)1-5-13(26)6-2-12-4-8-15(25-10-12)17(21,22)23/h1-10H/b5-1+,6-2+. The Hall–Kier alpha value is -2.97. The van der Waals surface area contributed by atoms with Crippen LogP contribution in [0.15, 0.2) is 48.8 Å². The average molecular weight is 372 g/mol. The second kappa shape index (κ2) is 7.51. The van der Waals surface area contributed by atoms with Crippen molar-refractivity contribution in [3.05, 3.63) is 71.3 Å². The van der Waals surface area contributed by atoms with E-state index >= 15 is 0 Å². The van der Waals surface area contributed by atoms with Gasteiger partial charge in [-0.2, -0.15) is 26.3 Å². The molecule has 0 atom stereocenters. The van der Waals surface area contributed by atoms with Gasteiger partial charge in [0, 0.05) is 12.4 Å². The van der Waals surface area contributed by atoms with Crippen LogP contribution < -0.4 is 0 Å². The smallest absolute Gasteiger partial charge is 0.290 e. The molecule has 0 bridgehead atoms. The largest absolute Gasteiger partial charge is 0.433 e. The maximum Gasteiger partial charge on any atom is 0.433 e. The maximum absolute atomic E-state index is 12.4. The van der Waals surface area contributed by atoms with Crippen LogP contribution in [0, 0.1) is 0 Å². The van der Waals surface area contributed by atoms with Crippen molar-refractivity contribution < 1.29 is 31.1 Å². The van der Waals surface area contributed by atoms with E-state index < -0.39 is 29.5 Å². The van der Waals surface area contributed by atoms with Crippen LogP contribution in [0.1, 0.15) is 22.5 Å². The molecule has 0 aliphatic heterocycles. The predicted octanol–water partition coefficient (Wildman–Crippen LogP) is 4.81. The molecule has 0 radical (unpaired) electrons. The third-order valence-electron chi connectivity index (χ3n) is 3.03. The van der Waals surface area contributed by atoms with Gasteiger partial charge in [0.2, 0.25) is 0 Å². The van der Waals surface area contributed by atoms with Crippen LogP contribution in [-0.2, 0) is 17.1 Å². The van der Waals surface area contributed by atoms with Crippen LogP contribution in [0.4, 0.5) is 26.3 Å². The number of aromatic nitrogens is 2. The Bertz CT molecular complexity index is 749. The number of alkyl halides is 6. The van der Waals surface area contributed by atoms with Crippen molar-refractivity contribution in [2.24, 2.45) is 0 Å². The highest BCUT2D eigenvalue weighted by atomic mass is 19.4. The van der Waals surface area contributed by atoms with E-state index in [1.54, 1.807) is 0 Å². The zero-order chi connectivity index (χ0) is 19.4. The highest BCUT2D eigenvalue weighted by molar-refractivity contribution is 6.04. The van der Waals surface area contributed by atoms with Crippen LogP contribution in [-0.4, -0.2) is 15.8 Å². The van der Waals surface area contributed by atoms with Crippen molar-refractivity contribution in [1.29, 1.82) is 0 Å². The van der Waals surface area contributed by atoms with E-state index in [1.165, 1.54) is 12.2 Å². The fourth-order valence-electron chi connectivity index (χ4n) is 1.76. The van der Waals surface area contributed by atoms with Gasteiger partial charge < -0.3 is 0 Å². The molecule has 9 heteroatoms. The molecule has 2 aromatic rings. The number of ketones is 1. The first-order valence-electron chi connectivity index (χ1n) is 7.02. The summed E-state index contributed by atoms with van der Waals surface area (Å²) in [6.07, 6.45) is -2.43. The minimum absolute atomic E-state index is 0.288. The first-order chi connectivity index (χ1) is 12.1. The number of pyridine rings is 2. The molecule has 0 saturated heterocycles. The Kier molecular flexibility index (Phi) is 5.59. The Morgan fingerprint density at radius 3 is 1.38 bits per heavy atom. The minimum atomic E-state index is -4.55. The molecule has 0 aliphatic rings. The summed E-state index contributed by atoms with van der Waals surface area (Å²) in [6, 6.07) is 3.88. The first-order valence-corrected chi connectivity index (χ1v) is 7.02. The number of halogens is 6. The topological polar surface area (TPSA) is 42.9 Å². The van der Waals surface area contributed by atoms with Gasteiger partial charge in [0.1, 0.15) is 11.4 Å². The molecule has 3 nitrogen and oxygen atoms in total. The van der Waals surface area contributed by atoms with Crippen molar-refractivity contribution in [2.75, 3.05) is 0 Å². The molecule has 0 saturated carbocycles. The lowest BCUT2D eigenvalue weighted by Crippen LogP contribution is -2.07. The molecule has 0 unspecified atom stereocenters. The SMILES string of the molecule is O=C(/C=C/c1ccc(C(F)(F)F)nc1)/C=C/c1ccc(C(F)(F)F)nc1. The second-order valence-electron chi connectivity index (χ2n) is 5.02. The van der Waals surface area contributed by atoms with Crippen LogP contribution >= 0.6 is 0 Å². The molecule has 26 heavy (non-hydrogen) atoms. The van der Waals surface area contributed by atoms with Gasteiger partial charge in [-0.1, -0.05) is 12.1 Å². The monoisotopic (exact) mass is 372 g/mol. The summed E-state index contributed by atoms with van der Waals surface area (Å²) in [5.74, 6) is -0.509. The van der Waals surface area contributed by atoms with Gasteiger partial charge in [0.25, 0.3) is 0 Å². The van der Waals surface area contributed by atoms with E-state index in [4.69, 9.17) is 0 Å². The zero-order valence-corrected chi connectivity index (χ0v) is 12.8. The first kappa shape index (κ1) is 19.4. The second-order valence-corrected chi connectivity index (χ2v) is 5.02. The molecular weight excluding hydrogens is 362 g/mol. The van der Waals surface area contributed by atoms with Crippen molar-refractivity contribution in [1.82, 2.24) is 9.97 Å². The maximum atomic E-state index is 12.4. The van der Waals surface area contributed by atoms with E-state index in [1.807, 2.05) is 0 Å². The van der Waals surface area contributed by atoms with E-state index in [0.717, 1.165) is 48.8 Å². The number of allylic oxidation sites excluding steroid dienone is 2. The van der Waals surface area contributed by atoms with Crippen LogP contribution in [0.25, 0.3) is 12.2 Å². The summed E-state index contributed by atoms with van der Waals surface area (Å²) < 4.78 is 74.2. The molecular formula is C17H10F6N2O. The number of hydrogen-bond donors (Lipinski definition) is 0. The van der Waals surface area contributed by atoms with Crippen LogP contribution in [0.3, 0.4) is 0 Å². The molecule has 2 heterocycles. The lowest BCUT2D eigenvalue weighted by molar-refractivity contribution is -0.142. The van der Waals surface area contributed by atoms with Crippen LogP contribution in [0.5, 0.6) is 0 Å². The van der Waals surface area contributed by atoms with Gasteiger partial charge in [0.15, 0.2) is 5.78 Å². The molecule has 0 N–H and O–H groups in total. The average Bonchev–Trinajstić information content (AvgIpc) is 2.57. The fraction of sp³-hybridized carbons (Fsp3) is 0.118. The summed E-state index contributed by atoms with van der Waals surface area (Å²) >= 11 is 0.